The zero-order chi connectivity index (χ0) is 19.9. The molecular weight excluding hydrogens is 362 g/mol. The van der Waals surface area contributed by atoms with E-state index in [-0.39, 0.29) is 17.3 Å². The first kappa shape index (κ1) is 18.9. The lowest BCUT2D eigenvalue weighted by Crippen LogP contribution is -3.04. The Morgan fingerprint density at radius 2 is 2.11 bits per heavy atom. The summed E-state index contributed by atoms with van der Waals surface area (Å²) >= 11 is 0. The van der Waals surface area contributed by atoms with Gasteiger partial charge in [0.25, 0.3) is 5.91 Å². The first-order chi connectivity index (χ1) is 13.6. The van der Waals surface area contributed by atoms with Gasteiger partial charge in [-0.3, -0.25) is 4.79 Å². The van der Waals surface area contributed by atoms with Gasteiger partial charge in [0.15, 0.2) is 5.69 Å². The molecule has 0 aliphatic rings. The fourth-order valence-corrected chi connectivity index (χ4v) is 2.39. The van der Waals surface area contributed by atoms with Crippen molar-refractivity contribution in [3.05, 3.63) is 53.4 Å². The number of aromatic nitrogens is 5. The largest absolute Gasteiger partial charge is 0.378 e. The highest BCUT2D eigenvalue weighted by molar-refractivity contribution is 5.94. The molecule has 0 spiro atoms. The molecule has 0 aliphatic heterocycles. The van der Waals surface area contributed by atoms with Crippen LogP contribution in [0.5, 0.6) is 0 Å². The summed E-state index contributed by atoms with van der Waals surface area (Å²) < 4.78 is 5.95. The van der Waals surface area contributed by atoms with Gasteiger partial charge in [-0.2, -0.15) is 9.78 Å². The Hall–Kier alpha value is -3.86. The molecule has 2 heterocycles. The van der Waals surface area contributed by atoms with Crippen LogP contribution >= 0.6 is 0 Å². The zero-order valence-corrected chi connectivity index (χ0v) is 15.4. The third-order valence-corrected chi connectivity index (χ3v) is 3.61. The van der Waals surface area contributed by atoms with Gasteiger partial charge in [-0.25, -0.2) is 10.1 Å². The van der Waals surface area contributed by atoms with E-state index >= 15 is 0 Å². The molecule has 3 rings (SSSR count). The highest BCUT2D eigenvalue weighted by Crippen LogP contribution is 2.15. The van der Waals surface area contributed by atoms with E-state index in [1.54, 1.807) is 6.08 Å². The standard InChI is InChI=1S/C17H19N9O2/c1-25(2)11-13-14(20-24-26(13)16-15(18)22-28-23-16)17(27)21-19-10-6-9-12-7-4-3-5-8-12/h3-10H,11H2,1-2H3,(H2,18,22)(H,21,27)/p+1/b9-6+,19-10-. The third kappa shape index (κ3) is 4.45. The number of nitrogen functional groups attached to an aromatic ring is 1. The molecule has 28 heavy (non-hydrogen) atoms. The second-order valence-electron chi connectivity index (χ2n) is 6.14. The van der Waals surface area contributed by atoms with Crippen molar-refractivity contribution < 1.29 is 14.3 Å². The summed E-state index contributed by atoms with van der Waals surface area (Å²) in [6.45, 7) is 0.444. The third-order valence-electron chi connectivity index (χ3n) is 3.61. The molecule has 11 nitrogen and oxygen atoms in total. The second-order valence-corrected chi connectivity index (χ2v) is 6.14. The van der Waals surface area contributed by atoms with Crippen molar-refractivity contribution in [3.63, 3.8) is 0 Å². The van der Waals surface area contributed by atoms with Crippen LogP contribution in [0.25, 0.3) is 11.9 Å². The summed E-state index contributed by atoms with van der Waals surface area (Å²) in [7, 11) is 3.85. The fraction of sp³-hybridized carbons (Fsp3) is 0.176. The van der Waals surface area contributed by atoms with Crippen molar-refractivity contribution in [1.82, 2.24) is 30.7 Å². The number of benzene rings is 1. The maximum absolute atomic E-state index is 12.5. The molecule has 0 radical (unpaired) electrons. The molecule has 2 aromatic heterocycles. The predicted octanol–water partition coefficient (Wildman–Crippen LogP) is -0.694. The average Bonchev–Trinajstić information content (AvgIpc) is 3.27. The number of hydrogen-bond acceptors (Lipinski definition) is 8. The lowest BCUT2D eigenvalue weighted by atomic mass is 10.2. The number of nitrogens with zero attached hydrogens (tertiary/aromatic N) is 6. The first-order valence-electron chi connectivity index (χ1n) is 8.43. The van der Waals surface area contributed by atoms with Crippen LogP contribution in [0.3, 0.4) is 0 Å². The van der Waals surface area contributed by atoms with Crippen molar-refractivity contribution in [2.24, 2.45) is 5.10 Å². The van der Waals surface area contributed by atoms with Gasteiger partial charge < -0.3 is 10.6 Å². The molecule has 0 aliphatic carbocycles. The van der Waals surface area contributed by atoms with Gasteiger partial charge in [0, 0.05) is 6.21 Å². The van der Waals surface area contributed by atoms with Crippen LogP contribution in [0.4, 0.5) is 5.82 Å². The van der Waals surface area contributed by atoms with Crippen LogP contribution in [0, 0.1) is 0 Å². The molecule has 0 fully saturated rings. The van der Waals surface area contributed by atoms with Gasteiger partial charge in [-0.1, -0.05) is 41.6 Å². The van der Waals surface area contributed by atoms with Crippen LogP contribution < -0.4 is 16.1 Å². The molecule has 0 atom stereocenters. The lowest BCUT2D eigenvalue weighted by molar-refractivity contribution is -0.873. The van der Waals surface area contributed by atoms with Gasteiger partial charge in [0.05, 0.1) is 14.1 Å². The number of carbonyl (C=O) groups is 1. The van der Waals surface area contributed by atoms with Crippen molar-refractivity contribution in [1.29, 1.82) is 0 Å². The number of quaternary nitrogens is 1. The minimum Gasteiger partial charge on any atom is -0.378 e. The number of carbonyl (C=O) groups excluding carboxylic acids is 1. The van der Waals surface area contributed by atoms with Gasteiger partial charge in [-0.05, 0) is 22.0 Å². The number of hydrogen-bond donors (Lipinski definition) is 3. The van der Waals surface area contributed by atoms with Crippen LogP contribution in [-0.2, 0) is 6.54 Å². The number of amides is 1. The predicted molar refractivity (Wildman–Crippen MR) is 102 cm³/mol. The Balaban J connectivity index is 1.74. The van der Waals surface area contributed by atoms with Gasteiger partial charge in [-0.15, -0.1) is 5.10 Å². The molecule has 11 heteroatoms. The topological polar surface area (TPSA) is 142 Å². The Kier molecular flexibility index (Phi) is 5.87. The average molecular weight is 382 g/mol. The highest BCUT2D eigenvalue weighted by Gasteiger charge is 2.25. The molecule has 0 saturated carbocycles. The van der Waals surface area contributed by atoms with Crippen LogP contribution in [-0.4, -0.2) is 51.5 Å². The molecule has 0 unspecified atom stereocenters. The van der Waals surface area contributed by atoms with Gasteiger partial charge >= 0.3 is 0 Å². The van der Waals surface area contributed by atoms with Crippen molar-refractivity contribution in [2.75, 3.05) is 19.8 Å². The monoisotopic (exact) mass is 382 g/mol. The van der Waals surface area contributed by atoms with E-state index in [4.69, 9.17) is 5.73 Å². The molecule has 0 bridgehead atoms. The van der Waals surface area contributed by atoms with E-state index in [1.807, 2.05) is 50.5 Å². The van der Waals surface area contributed by atoms with E-state index < -0.39 is 5.91 Å². The Labute approximate surface area is 160 Å². The second kappa shape index (κ2) is 8.68. The first-order valence-corrected chi connectivity index (χ1v) is 8.43. The summed E-state index contributed by atoms with van der Waals surface area (Å²) in [5.74, 6) is -0.269. The quantitative estimate of drug-likeness (QED) is 0.362. The van der Waals surface area contributed by atoms with E-state index in [9.17, 15) is 4.79 Å². The number of nitrogens with one attached hydrogen (secondary N) is 2. The van der Waals surface area contributed by atoms with Crippen LogP contribution in [0.15, 0.2) is 46.1 Å². The van der Waals surface area contributed by atoms with E-state index in [0.29, 0.717) is 12.2 Å². The SMILES string of the molecule is C[NH+](C)Cc1c(C(=O)N/N=C\C=C\c2ccccc2)nnn1-c1nonc1N. The summed E-state index contributed by atoms with van der Waals surface area (Å²) in [5, 5.41) is 19.0. The van der Waals surface area contributed by atoms with E-state index in [2.05, 4.69) is 35.8 Å². The summed E-state index contributed by atoms with van der Waals surface area (Å²) in [4.78, 5) is 13.5. The van der Waals surface area contributed by atoms with E-state index in [1.165, 1.54) is 10.9 Å². The number of allylic oxidation sites excluding steroid dienone is 1. The maximum atomic E-state index is 12.5. The Morgan fingerprint density at radius 1 is 1.32 bits per heavy atom. The minimum absolute atomic E-state index is 0.0518. The minimum atomic E-state index is -0.498. The number of anilines is 1. The lowest BCUT2D eigenvalue weighted by Gasteiger charge is -2.08. The van der Waals surface area contributed by atoms with Crippen LogP contribution in [0.1, 0.15) is 21.7 Å². The maximum Gasteiger partial charge on any atom is 0.294 e. The Bertz CT molecular complexity index is 989. The van der Waals surface area contributed by atoms with Crippen molar-refractivity contribution in [3.8, 4) is 5.82 Å². The molecular formula is C17H20N9O2+. The number of nitrogens with two attached hydrogens (primary N) is 1. The van der Waals surface area contributed by atoms with Crippen LogP contribution in [0.2, 0.25) is 0 Å². The molecule has 144 valence electrons. The van der Waals surface area contributed by atoms with Gasteiger partial charge in [0.1, 0.15) is 12.2 Å². The number of hydrazone groups is 1. The molecule has 1 amide bonds. The number of rotatable bonds is 7. The summed E-state index contributed by atoms with van der Waals surface area (Å²) in [6.07, 6.45) is 5.07. The Morgan fingerprint density at radius 3 is 2.79 bits per heavy atom. The molecule has 1 aromatic carbocycles. The highest BCUT2D eigenvalue weighted by atomic mass is 16.6. The normalized spacial score (nSPS) is 11.7. The van der Waals surface area contributed by atoms with Crippen molar-refractivity contribution in [2.45, 2.75) is 6.54 Å². The summed E-state index contributed by atoms with van der Waals surface area (Å²) in [5.41, 5.74) is 9.81. The molecule has 4 N–H and O–H groups in total. The van der Waals surface area contributed by atoms with E-state index in [0.717, 1.165) is 10.5 Å². The molecule has 0 saturated heterocycles. The smallest absolute Gasteiger partial charge is 0.294 e. The fourth-order valence-electron chi connectivity index (χ4n) is 2.39. The summed E-state index contributed by atoms with van der Waals surface area (Å²) in [6, 6.07) is 9.73. The van der Waals surface area contributed by atoms with Crippen molar-refractivity contribution >= 4 is 24.0 Å². The zero-order valence-electron chi connectivity index (χ0n) is 15.4. The van der Waals surface area contributed by atoms with Gasteiger partial charge in [0.2, 0.25) is 11.6 Å². The molecule has 3 aromatic rings.